The molecule has 1 aromatic rings. The van der Waals surface area contributed by atoms with Gasteiger partial charge in [0.2, 0.25) is 0 Å². The Morgan fingerprint density at radius 2 is 2.08 bits per heavy atom. The van der Waals surface area contributed by atoms with E-state index in [1.54, 1.807) is 0 Å². The van der Waals surface area contributed by atoms with Gasteiger partial charge in [0.05, 0.1) is 19.3 Å². The van der Waals surface area contributed by atoms with Gasteiger partial charge >= 0.3 is 0 Å². The van der Waals surface area contributed by atoms with Crippen LogP contribution in [0.5, 0.6) is 0 Å². The Balaban J connectivity index is 1.88. The summed E-state index contributed by atoms with van der Waals surface area (Å²) in [4.78, 5) is 7.21. The van der Waals surface area contributed by atoms with Crippen molar-refractivity contribution in [3.05, 3.63) is 35.4 Å². The number of rotatable bonds is 9. The summed E-state index contributed by atoms with van der Waals surface area (Å²) in [6.45, 7) is 12.9. The third kappa shape index (κ3) is 7.75. The van der Waals surface area contributed by atoms with Crippen molar-refractivity contribution < 1.29 is 4.74 Å². The topological polar surface area (TPSA) is 48.9 Å². The van der Waals surface area contributed by atoms with Crippen molar-refractivity contribution in [1.82, 2.24) is 15.5 Å². The number of morpholine rings is 1. The number of nitrogens with zero attached hydrogens (tertiary/aromatic N) is 2. The van der Waals surface area contributed by atoms with Gasteiger partial charge in [-0.2, -0.15) is 0 Å². The summed E-state index contributed by atoms with van der Waals surface area (Å²) in [6, 6.07) is 8.80. The van der Waals surface area contributed by atoms with Crippen molar-refractivity contribution in [2.24, 2.45) is 4.99 Å². The van der Waals surface area contributed by atoms with E-state index in [9.17, 15) is 0 Å². The van der Waals surface area contributed by atoms with Crippen LogP contribution in [0.3, 0.4) is 0 Å². The maximum Gasteiger partial charge on any atom is 0.191 e. The summed E-state index contributed by atoms with van der Waals surface area (Å²) in [7, 11) is 0. The molecule has 0 saturated carbocycles. The van der Waals surface area contributed by atoms with Gasteiger partial charge in [-0.1, -0.05) is 44.0 Å². The zero-order valence-corrected chi connectivity index (χ0v) is 16.8. The van der Waals surface area contributed by atoms with Crippen LogP contribution >= 0.6 is 0 Å². The van der Waals surface area contributed by atoms with Gasteiger partial charge in [-0.25, -0.2) is 4.99 Å². The maximum absolute atomic E-state index is 5.63. The van der Waals surface area contributed by atoms with E-state index in [0.717, 1.165) is 45.3 Å². The average Bonchev–Trinajstić information content (AvgIpc) is 2.63. The van der Waals surface area contributed by atoms with E-state index >= 15 is 0 Å². The molecule has 1 unspecified atom stereocenters. The maximum atomic E-state index is 5.63. The first kappa shape index (κ1) is 20.7. The van der Waals surface area contributed by atoms with E-state index in [1.807, 2.05) is 0 Å². The van der Waals surface area contributed by atoms with Crippen LogP contribution in [-0.4, -0.2) is 49.7 Å². The normalized spacial score (nSPS) is 18.7. The van der Waals surface area contributed by atoms with Gasteiger partial charge in [-0.3, -0.25) is 4.90 Å². The fourth-order valence-corrected chi connectivity index (χ4v) is 3.21. The fourth-order valence-electron chi connectivity index (χ4n) is 3.21. The molecule has 1 aliphatic rings. The quantitative estimate of drug-likeness (QED) is 0.403. The molecule has 146 valence electrons. The first-order valence-corrected chi connectivity index (χ1v) is 10.1. The summed E-state index contributed by atoms with van der Waals surface area (Å²) in [5, 5.41) is 6.76. The summed E-state index contributed by atoms with van der Waals surface area (Å²) in [5.41, 5.74) is 2.61. The van der Waals surface area contributed by atoms with Gasteiger partial charge in [0.15, 0.2) is 5.96 Å². The zero-order chi connectivity index (χ0) is 18.6. The molecular weight excluding hydrogens is 324 g/mol. The molecule has 0 amide bonds. The number of benzene rings is 1. The highest BCUT2D eigenvalue weighted by atomic mass is 16.5. The van der Waals surface area contributed by atoms with Crippen molar-refractivity contribution in [3.8, 4) is 0 Å². The van der Waals surface area contributed by atoms with Crippen molar-refractivity contribution in [1.29, 1.82) is 0 Å². The molecule has 5 nitrogen and oxygen atoms in total. The Hall–Kier alpha value is -1.59. The highest BCUT2D eigenvalue weighted by Crippen LogP contribution is 2.12. The molecule has 0 spiro atoms. The van der Waals surface area contributed by atoms with Gasteiger partial charge in [0.25, 0.3) is 0 Å². The van der Waals surface area contributed by atoms with E-state index in [1.165, 1.54) is 30.4 Å². The van der Waals surface area contributed by atoms with Crippen molar-refractivity contribution in [2.75, 3.05) is 32.8 Å². The third-order valence-corrected chi connectivity index (χ3v) is 4.56. The van der Waals surface area contributed by atoms with Crippen LogP contribution in [0.25, 0.3) is 0 Å². The zero-order valence-electron chi connectivity index (χ0n) is 16.8. The van der Waals surface area contributed by atoms with Crippen LogP contribution in [0.2, 0.25) is 0 Å². The number of guanidine groups is 1. The fraction of sp³-hybridized carbons (Fsp3) is 0.667. The largest absolute Gasteiger partial charge is 0.376 e. The second-order valence-electron chi connectivity index (χ2n) is 7.07. The molecular formula is C21H36N4O. The summed E-state index contributed by atoms with van der Waals surface area (Å²) >= 11 is 0. The molecule has 1 atom stereocenters. The number of unbranched alkanes of at least 4 members (excludes halogenated alkanes) is 2. The van der Waals surface area contributed by atoms with Crippen LogP contribution in [0, 0.1) is 0 Å². The molecule has 1 aliphatic heterocycles. The minimum absolute atomic E-state index is 0.331. The monoisotopic (exact) mass is 360 g/mol. The molecule has 1 aromatic carbocycles. The minimum Gasteiger partial charge on any atom is -0.376 e. The Kier molecular flexibility index (Phi) is 9.50. The van der Waals surface area contributed by atoms with E-state index in [2.05, 4.69) is 60.6 Å². The van der Waals surface area contributed by atoms with Crippen LogP contribution in [0.4, 0.5) is 0 Å². The molecule has 1 fully saturated rings. The molecule has 0 radical (unpaired) electrons. The lowest BCUT2D eigenvalue weighted by Crippen LogP contribution is -2.40. The van der Waals surface area contributed by atoms with E-state index in [4.69, 9.17) is 9.73 Å². The highest BCUT2D eigenvalue weighted by molar-refractivity contribution is 5.79. The Morgan fingerprint density at radius 1 is 1.23 bits per heavy atom. The van der Waals surface area contributed by atoms with E-state index < -0.39 is 0 Å². The van der Waals surface area contributed by atoms with Crippen molar-refractivity contribution >= 4 is 5.96 Å². The molecule has 2 N–H and O–H groups in total. The predicted octanol–water partition coefficient (Wildman–Crippen LogP) is 3.15. The Labute approximate surface area is 159 Å². The number of aliphatic imine (C=N–C) groups is 1. The smallest absolute Gasteiger partial charge is 0.191 e. The molecule has 1 saturated heterocycles. The predicted molar refractivity (Wildman–Crippen MR) is 109 cm³/mol. The average molecular weight is 361 g/mol. The van der Waals surface area contributed by atoms with Crippen LogP contribution < -0.4 is 10.6 Å². The lowest BCUT2D eigenvalue weighted by Gasteiger charge is -2.31. The molecule has 5 heteroatoms. The van der Waals surface area contributed by atoms with Crippen LogP contribution in [0.15, 0.2) is 29.3 Å². The molecule has 26 heavy (non-hydrogen) atoms. The first-order valence-electron chi connectivity index (χ1n) is 10.1. The standard InChI is InChI=1S/C21H36N4O/c1-4-6-7-11-23-21(22-5-2)24-15-19-9-8-10-20(14-19)17-25-12-13-26-18(3)16-25/h8-10,14,18H,4-7,11-13,15-17H2,1-3H3,(H2,22,23,24). The van der Waals surface area contributed by atoms with E-state index in [-0.39, 0.29) is 0 Å². The SMILES string of the molecule is CCCCCNC(=NCc1cccc(CN2CCOC(C)C2)c1)NCC. The molecule has 0 aliphatic carbocycles. The molecule has 1 heterocycles. The van der Waals surface area contributed by atoms with Gasteiger partial charge in [-0.15, -0.1) is 0 Å². The number of ether oxygens (including phenoxy) is 1. The number of nitrogens with one attached hydrogen (secondary N) is 2. The second-order valence-corrected chi connectivity index (χ2v) is 7.07. The number of hydrogen-bond donors (Lipinski definition) is 2. The lowest BCUT2D eigenvalue weighted by molar-refractivity contribution is -0.0212. The summed E-state index contributed by atoms with van der Waals surface area (Å²) in [5.74, 6) is 0.913. The Bertz CT molecular complexity index is 547. The molecule has 0 bridgehead atoms. The van der Waals surface area contributed by atoms with Gasteiger partial charge in [0, 0.05) is 32.7 Å². The Morgan fingerprint density at radius 3 is 2.85 bits per heavy atom. The van der Waals surface area contributed by atoms with Gasteiger partial charge in [0.1, 0.15) is 0 Å². The van der Waals surface area contributed by atoms with Gasteiger partial charge in [-0.05, 0) is 31.4 Å². The van der Waals surface area contributed by atoms with Crippen LogP contribution in [0.1, 0.15) is 51.2 Å². The molecule has 0 aromatic heterocycles. The summed E-state index contributed by atoms with van der Waals surface area (Å²) in [6.07, 6.45) is 4.02. The first-order chi connectivity index (χ1) is 12.7. The lowest BCUT2D eigenvalue weighted by atomic mass is 10.1. The highest BCUT2D eigenvalue weighted by Gasteiger charge is 2.16. The minimum atomic E-state index is 0.331. The van der Waals surface area contributed by atoms with Crippen molar-refractivity contribution in [3.63, 3.8) is 0 Å². The van der Waals surface area contributed by atoms with Gasteiger partial charge < -0.3 is 15.4 Å². The van der Waals surface area contributed by atoms with E-state index in [0.29, 0.717) is 12.6 Å². The molecule has 2 rings (SSSR count). The number of hydrogen-bond acceptors (Lipinski definition) is 3. The van der Waals surface area contributed by atoms with Crippen LogP contribution in [-0.2, 0) is 17.8 Å². The van der Waals surface area contributed by atoms with Crippen molar-refractivity contribution in [2.45, 2.75) is 59.2 Å². The summed E-state index contributed by atoms with van der Waals surface area (Å²) < 4.78 is 5.63. The third-order valence-electron chi connectivity index (χ3n) is 4.56. The second kappa shape index (κ2) is 11.9.